The molecule has 0 unspecified atom stereocenters. The van der Waals surface area contributed by atoms with E-state index in [2.05, 4.69) is 0 Å². The molecule has 0 aromatic heterocycles. The van der Waals surface area contributed by atoms with E-state index in [0.717, 1.165) is 30.9 Å². The summed E-state index contributed by atoms with van der Waals surface area (Å²) in [7, 11) is 0. The maximum atomic E-state index is 5.76. The van der Waals surface area contributed by atoms with Crippen LogP contribution in [0.2, 0.25) is 0 Å². The predicted molar refractivity (Wildman–Crippen MR) is 66.1 cm³/mol. The van der Waals surface area contributed by atoms with Gasteiger partial charge in [-0.05, 0) is 39.3 Å². The van der Waals surface area contributed by atoms with Gasteiger partial charge in [0.15, 0.2) is 6.29 Å². The SMILES string of the molecule is CC(C)(C)Oc1ccc(C2OCCCO2)cc1. The summed E-state index contributed by atoms with van der Waals surface area (Å²) >= 11 is 0. The number of hydrogen-bond donors (Lipinski definition) is 0. The minimum absolute atomic E-state index is 0.167. The molecule has 17 heavy (non-hydrogen) atoms. The molecule has 1 aromatic rings. The Kier molecular flexibility index (Phi) is 3.69. The second-order valence-electron chi connectivity index (χ2n) is 5.21. The predicted octanol–water partition coefficient (Wildman–Crippen LogP) is 3.30. The van der Waals surface area contributed by atoms with Crippen LogP contribution in [0.3, 0.4) is 0 Å². The molecule has 0 spiro atoms. The molecule has 1 heterocycles. The van der Waals surface area contributed by atoms with Crippen LogP contribution >= 0.6 is 0 Å². The van der Waals surface area contributed by atoms with Gasteiger partial charge in [0.1, 0.15) is 11.4 Å². The monoisotopic (exact) mass is 236 g/mol. The van der Waals surface area contributed by atoms with E-state index in [1.54, 1.807) is 0 Å². The molecule has 0 atom stereocenters. The van der Waals surface area contributed by atoms with Crippen molar-refractivity contribution in [2.75, 3.05) is 13.2 Å². The van der Waals surface area contributed by atoms with Gasteiger partial charge in [0, 0.05) is 5.56 Å². The molecule has 3 nitrogen and oxygen atoms in total. The minimum atomic E-state index is -0.215. The number of ether oxygens (including phenoxy) is 3. The first-order valence-electron chi connectivity index (χ1n) is 6.07. The molecule has 94 valence electrons. The number of rotatable bonds is 2. The van der Waals surface area contributed by atoms with Crippen LogP contribution in [0.25, 0.3) is 0 Å². The van der Waals surface area contributed by atoms with Crippen LogP contribution in [0.5, 0.6) is 5.75 Å². The van der Waals surface area contributed by atoms with E-state index < -0.39 is 0 Å². The Morgan fingerprint density at radius 3 is 2.18 bits per heavy atom. The van der Waals surface area contributed by atoms with Crippen molar-refractivity contribution < 1.29 is 14.2 Å². The molecule has 0 aliphatic carbocycles. The number of hydrogen-bond acceptors (Lipinski definition) is 3. The van der Waals surface area contributed by atoms with Crippen LogP contribution < -0.4 is 4.74 Å². The Hall–Kier alpha value is -1.06. The third-order valence-corrected chi connectivity index (χ3v) is 2.40. The summed E-state index contributed by atoms with van der Waals surface area (Å²) in [6.45, 7) is 7.65. The van der Waals surface area contributed by atoms with Crippen molar-refractivity contribution >= 4 is 0 Å². The van der Waals surface area contributed by atoms with Gasteiger partial charge in [0.25, 0.3) is 0 Å². The highest BCUT2D eigenvalue weighted by atomic mass is 16.7. The lowest BCUT2D eigenvalue weighted by molar-refractivity contribution is -0.183. The first-order valence-corrected chi connectivity index (χ1v) is 6.07. The average Bonchev–Trinajstić information content (AvgIpc) is 2.29. The molecule has 3 heteroatoms. The Labute approximate surface area is 103 Å². The average molecular weight is 236 g/mol. The Balaban J connectivity index is 2.02. The van der Waals surface area contributed by atoms with E-state index in [4.69, 9.17) is 14.2 Å². The van der Waals surface area contributed by atoms with E-state index >= 15 is 0 Å². The van der Waals surface area contributed by atoms with E-state index in [1.807, 2.05) is 45.0 Å². The molecule has 2 rings (SSSR count). The van der Waals surface area contributed by atoms with E-state index in [9.17, 15) is 0 Å². The Bertz CT molecular complexity index is 345. The molecular formula is C14H20O3. The fraction of sp³-hybridized carbons (Fsp3) is 0.571. The van der Waals surface area contributed by atoms with E-state index in [-0.39, 0.29) is 11.9 Å². The smallest absolute Gasteiger partial charge is 0.183 e. The van der Waals surface area contributed by atoms with Crippen molar-refractivity contribution in [1.82, 2.24) is 0 Å². The summed E-state index contributed by atoms with van der Waals surface area (Å²) in [5, 5.41) is 0. The standard InChI is InChI=1S/C14H20O3/c1-14(2,3)17-12-7-5-11(6-8-12)13-15-9-4-10-16-13/h5-8,13H,4,9-10H2,1-3H3. The summed E-state index contributed by atoms with van der Waals surface area (Å²) in [6.07, 6.45) is 0.759. The van der Waals surface area contributed by atoms with Crippen molar-refractivity contribution in [3.05, 3.63) is 29.8 Å². The van der Waals surface area contributed by atoms with E-state index in [1.165, 1.54) is 0 Å². The topological polar surface area (TPSA) is 27.7 Å². The zero-order chi connectivity index (χ0) is 12.3. The van der Waals surface area contributed by atoms with Crippen LogP contribution in [0, 0.1) is 0 Å². The Morgan fingerprint density at radius 2 is 1.65 bits per heavy atom. The highest BCUT2D eigenvalue weighted by Crippen LogP contribution is 2.25. The summed E-state index contributed by atoms with van der Waals surface area (Å²) < 4.78 is 16.8. The fourth-order valence-electron chi connectivity index (χ4n) is 1.73. The first kappa shape index (κ1) is 12.4. The molecular weight excluding hydrogens is 216 g/mol. The van der Waals surface area contributed by atoms with Crippen molar-refractivity contribution in [1.29, 1.82) is 0 Å². The lowest BCUT2D eigenvalue weighted by atomic mass is 10.1. The molecule has 0 N–H and O–H groups in total. The molecule has 0 bridgehead atoms. The molecule has 0 radical (unpaired) electrons. The molecule has 1 aliphatic heterocycles. The second kappa shape index (κ2) is 5.07. The lowest BCUT2D eigenvalue weighted by Gasteiger charge is -2.24. The van der Waals surface area contributed by atoms with Crippen molar-refractivity contribution in [3.63, 3.8) is 0 Å². The molecule has 0 saturated carbocycles. The van der Waals surface area contributed by atoms with Crippen LogP contribution in [0.1, 0.15) is 39.0 Å². The largest absolute Gasteiger partial charge is 0.488 e. The molecule has 1 aliphatic rings. The molecule has 1 saturated heterocycles. The highest BCUT2D eigenvalue weighted by molar-refractivity contribution is 5.28. The van der Waals surface area contributed by atoms with Gasteiger partial charge < -0.3 is 14.2 Å². The molecule has 1 fully saturated rings. The van der Waals surface area contributed by atoms with Gasteiger partial charge in [0.05, 0.1) is 13.2 Å². The van der Waals surface area contributed by atoms with E-state index in [0.29, 0.717) is 0 Å². The summed E-state index contributed by atoms with van der Waals surface area (Å²) in [4.78, 5) is 0. The van der Waals surface area contributed by atoms with Gasteiger partial charge in [-0.25, -0.2) is 0 Å². The van der Waals surface area contributed by atoms with Gasteiger partial charge in [-0.3, -0.25) is 0 Å². The summed E-state index contributed by atoms with van der Waals surface area (Å²) in [5.41, 5.74) is 0.880. The van der Waals surface area contributed by atoms with Crippen LogP contribution in [0.15, 0.2) is 24.3 Å². The maximum absolute atomic E-state index is 5.76. The highest BCUT2D eigenvalue weighted by Gasteiger charge is 2.17. The Morgan fingerprint density at radius 1 is 1.06 bits per heavy atom. The van der Waals surface area contributed by atoms with Crippen molar-refractivity contribution in [3.8, 4) is 5.75 Å². The maximum Gasteiger partial charge on any atom is 0.183 e. The first-order chi connectivity index (χ1) is 8.04. The van der Waals surface area contributed by atoms with Gasteiger partial charge in [-0.15, -0.1) is 0 Å². The van der Waals surface area contributed by atoms with Gasteiger partial charge in [-0.2, -0.15) is 0 Å². The zero-order valence-corrected chi connectivity index (χ0v) is 10.7. The lowest BCUT2D eigenvalue weighted by Crippen LogP contribution is -2.23. The minimum Gasteiger partial charge on any atom is -0.488 e. The fourth-order valence-corrected chi connectivity index (χ4v) is 1.73. The number of benzene rings is 1. The normalized spacial score (nSPS) is 18.1. The van der Waals surface area contributed by atoms with Crippen LogP contribution in [-0.2, 0) is 9.47 Å². The molecule has 1 aromatic carbocycles. The third-order valence-electron chi connectivity index (χ3n) is 2.40. The third kappa shape index (κ3) is 3.72. The molecule has 0 amide bonds. The second-order valence-corrected chi connectivity index (χ2v) is 5.21. The van der Waals surface area contributed by atoms with Gasteiger partial charge in [-0.1, -0.05) is 12.1 Å². The van der Waals surface area contributed by atoms with Crippen molar-refractivity contribution in [2.24, 2.45) is 0 Å². The van der Waals surface area contributed by atoms with Gasteiger partial charge >= 0.3 is 0 Å². The summed E-state index contributed by atoms with van der Waals surface area (Å²) in [5.74, 6) is 0.872. The van der Waals surface area contributed by atoms with Gasteiger partial charge in [0.2, 0.25) is 0 Å². The quantitative estimate of drug-likeness (QED) is 0.788. The summed E-state index contributed by atoms with van der Waals surface area (Å²) in [6, 6.07) is 7.91. The van der Waals surface area contributed by atoms with Crippen LogP contribution in [0.4, 0.5) is 0 Å². The van der Waals surface area contributed by atoms with Crippen molar-refractivity contribution in [2.45, 2.75) is 39.1 Å². The zero-order valence-electron chi connectivity index (χ0n) is 10.7. The van der Waals surface area contributed by atoms with Crippen LogP contribution in [-0.4, -0.2) is 18.8 Å².